The summed E-state index contributed by atoms with van der Waals surface area (Å²) in [6, 6.07) is -1.000. The minimum Gasteiger partial charge on any atom is -0.464 e. The molecule has 7 nitrogen and oxygen atoms in total. The Morgan fingerprint density at radius 2 is 1.59 bits per heavy atom. The first-order chi connectivity index (χ1) is 12.3. The molecule has 0 saturated carbocycles. The quantitative estimate of drug-likeness (QED) is 0.284. The Hall–Kier alpha value is -2.23. The number of hydrogen-bond donors (Lipinski definition) is 1. The first kappa shape index (κ1) is 24.8. The highest BCUT2D eigenvalue weighted by Gasteiger charge is 2.27. The number of carbonyl (C=O) groups is 3. The molecule has 0 heterocycles. The molecule has 0 aromatic rings. The number of esters is 2. The van der Waals surface area contributed by atoms with Crippen LogP contribution in [0, 0.1) is 12.3 Å². The number of terminal acetylenes is 1. The molecule has 0 aromatic heterocycles. The molecule has 0 radical (unpaired) electrons. The van der Waals surface area contributed by atoms with Gasteiger partial charge in [-0.15, -0.1) is 12.3 Å². The second-order valence-electron chi connectivity index (χ2n) is 8.15. The fourth-order valence-corrected chi connectivity index (χ4v) is 1.96. The van der Waals surface area contributed by atoms with Crippen LogP contribution in [-0.4, -0.2) is 41.9 Å². The maximum Gasteiger partial charge on any atom is 0.408 e. The third-order valence-electron chi connectivity index (χ3n) is 2.99. The van der Waals surface area contributed by atoms with E-state index in [1.165, 1.54) is 0 Å². The first-order valence-electron chi connectivity index (χ1n) is 9.15. The third kappa shape index (κ3) is 14.6. The zero-order valence-corrected chi connectivity index (χ0v) is 17.3. The summed E-state index contributed by atoms with van der Waals surface area (Å²) in [4.78, 5) is 36.2. The Bertz CT molecular complexity index is 536. The van der Waals surface area contributed by atoms with Crippen LogP contribution in [-0.2, 0) is 23.8 Å². The van der Waals surface area contributed by atoms with Crippen LogP contribution in [0.25, 0.3) is 0 Å². The van der Waals surface area contributed by atoms with E-state index in [0.29, 0.717) is 12.8 Å². The lowest BCUT2D eigenvalue weighted by atomic mass is 10.1. The molecule has 0 aliphatic rings. The fourth-order valence-electron chi connectivity index (χ4n) is 1.96. The summed E-state index contributed by atoms with van der Waals surface area (Å²) in [7, 11) is 0. The van der Waals surface area contributed by atoms with Crippen LogP contribution >= 0.6 is 0 Å². The molecule has 154 valence electrons. The number of ether oxygens (including phenoxy) is 3. The predicted octanol–water partition coefficient (Wildman–Crippen LogP) is 3.35. The number of amides is 1. The number of nitrogens with one attached hydrogen (secondary N) is 1. The maximum atomic E-state index is 12.3. The van der Waals surface area contributed by atoms with E-state index < -0.39 is 35.3 Å². The molecule has 0 aromatic carbocycles. The summed E-state index contributed by atoms with van der Waals surface area (Å²) >= 11 is 0. The fraction of sp³-hybridized carbons (Fsp3) is 0.750. The van der Waals surface area contributed by atoms with Crippen LogP contribution in [0.2, 0.25) is 0 Å². The molecule has 7 heteroatoms. The number of hydrogen-bond acceptors (Lipinski definition) is 6. The second-order valence-corrected chi connectivity index (χ2v) is 8.15. The average Bonchev–Trinajstić information content (AvgIpc) is 2.47. The zero-order chi connectivity index (χ0) is 21.1. The molecule has 0 spiro atoms. The number of carbonyl (C=O) groups excluding carboxylic acids is 3. The van der Waals surface area contributed by atoms with Gasteiger partial charge in [0.25, 0.3) is 0 Å². The third-order valence-corrected chi connectivity index (χ3v) is 2.99. The summed E-state index contributed by atoms with van der Waals surface area (Å²) in [6.45, 7) is 10.6. The average molecular weight is 383 g/mol. The largest absolute Gasteiger partial charge is 0.464 e. The van der Waals surface area contributed by atoms with E-state index in [9.17, 15) is 14.4 Å². The molecule has 0 aliphatic heterocycles. The standard InChI is InChI=1S/C20H33NO6/c1-8-9-10-11-14-25-17(23)15(21-18(24)27-20(5,6)7)12-13-16(22)26-19(2,3)4/h1,15H,9-14H2,2-7H3,(H,21,24). The van der Waals surface area contributed by atoms with Crippen molar-refractivity contribution in [1.82, 2.24) is 5.32 Å². The summed E-state index contributed by atoms with van der Waals surface area (Å²) in [5.41, 5.74) is -1.33. The van der Waals surface area contributed by atoms with E-state index in [1.54, 1.807) is 41.5 Å². The Labute approximate surface area is 162 Å². The molecular weight excluding hydrogens is 350 g/mol. The van der Waals surface area contributed by atoms with E-state index in [-0.39, 0.29) is 19.4 Å². The van der Waals surface area contributed by atoms with E-state index in [2.05, 4.69) is 11.2 Å². The molecule has 1 amide bonds. The van der Waals surface area contributed by atoms with Gasteiger partial charge in [0.2, 0.25) is 0 Å². The van der Waals surface area contributed by atoms with E-state index in [1.807, 2.05) is 0 Å². The van der Waals surface area contributed by atoms with Crippen molar-refractivity contribution in [3.63, 3.8) is 0 Å². The molecule has 0 fully saturated rings. The molecular formula is C20H33NO6. The second kappa shape index (κ2) is 11.5. The highest BCUT2D eigenvalue weighted by molar-refractivity contribution is 5.82. The molecule has 0 bridgehead atoms. The normalized spacial score (nSPS) is 12.5. The lowest BCUT2D eigenvalue weighted by Crippen LogP contribution is -2.44. The number of unbranched alkanes of at least 4 members (excludes halogenated alkanes) is 2. The Morgan fingerprint density at radius 1 is 1.00 bits per heavy atom. The SMILES string of the molecule is C#CCCCCOC(=O)C(CCC(=O)OC(C)(C)C)NC(=O)OC(C)(C)C. The summed E-state index contributed by atoms with van der Waals surface area (Å²) in [6.07, 6.45) is 6.41. The van der Waals surface area contributed by atoms with Crippen molar-refractivity contribution in [2.24, 2.45) is 0 Å². The van der Waals surface area contributed by atoms with Crippen molar-refractivity contribution in [3.05, 3.63) is 0 Å². The van der Waals surface area contributed by atoms with Gasteiger partial charge in [0.1, 0.15) is 17.2 Å². The topological polar surface area (TPSA) is 90.9 Å². The van der Waals surface area contributed by atoms with Gasteiger partial charge in [0.05, 0.1) is 6.61 Å². The highest BCUT2D eigenvalue weighted by atomic mass is 16.6. The molecule has 1 N–H and O–H groups in total. The smallest absolute Gasteiger partial charge is 0.408 e. The van der Waals surface area contributed by atoms with Crippen molar-refractivity contribution in [1.29, 1.82) is 0 Å². The van der Waals surface area contributed by atoms with Gasteiger partial charge in [-0.1, -0.05) is 0 Å². The van der Waals surface area contributed by atoms with Crippen LogP contribution in [0.5, 0.6) is 0 Å². The minimum atomic E-state index is -1.000. The van der Waals surface area contributed by atoms with Crippen LogP contribution in [0.15, 0.2) is 0 Å². The predicted molar refractivity (Wildman–Crippen MR) is 102 cm³/mol. The Morgan fingerprint density at radius 3 is 2.11 bits per heavy atom. The molecule has 0 saturated heterocycles. The van der Waals surface area contributed by atoms with Gasteiger partial charge in [-0.3, -0.25) is 4.79 Å². The maximum absolute atomic E-state index is 12.3. The van der Waals surface area contributed by atoms with Crippen molar-refractivity contribution >= 4 is 18.0 Å². The molecule has 1 atom stereocenters. The van der Waals surface area contributed by atoms with Crippen LogP contribution < -0.4 is 5.32 Å². The van der Waals surface area contributed by atoms with Gasteiger partial charge < -0.3 is 19.5 Å². The Kier molecular flexibility index (Phi) is 10.5. The van der Waals surface area contributed by atoms with Gasteiger partial charge in [-0.05, 0) is 60.8 Å². The summed E-state index contributed by atoms with van der Waals surface area (Å²) in [5.74, 6) is 1.43. The van der Waals surface area contributed by atoms with Gasteiger partial charge in [-0.2, -0.15) is 0 Å². The van der Waals surface area contributed by atoms with E-state index in [0.717, 1.165) is 6.42 Å². The van der Waals surface area contributed by atoms with Crippen molar-refractivity contribution in [2.45, 2.75) is 90.9 Å². The monoisotopic (exact) mass is 383 g/mol. The Balaban J connectivity index is 4.74. The van der Waals surface area contributed by atoms with E-state index in [4.69, 9.17) is 20.6 Å². The van der Waals surface area contributed by atoms with Crippen molar-refractivity contribution in [2.75, 3.05) is 6.61 Å². The van der Waals surface area contributed by atoms with Gasteiger partial charge in [0, 0.05) is 12.8 Å². The van der Waals surface area contributed by atoms with Crippen LogP contribution in [0.1, 0.15) is 73.6 Å². The van der Waals surface area contributed by atoms with Gasteiger partial charge >= 0.3 is 18.0 Å². The number of alkyl carbamates (subject to hydrolysis) is 1. The lowest BCUT2D eigenvalue weighted by molar-refractivity contribution is -0.155. The zero-order valence-electron chi connectivity index (χ0n) is 17.3. The van der Waals surface area contributed by atoms with Crippen molar-refractivity contribution in [3.8, 4) is 12.3 Å². The molecule has 0 aliphatic carbocycles. The highest BCUT2D eigenvalue weighted by Crippen LogP contribution is 2.12. The molecule has 1 unspecified atom stereocenters. The van der Waals surface area contributed by atoms with Crippen LogP contribution in [0.4, 0.5) is 4.79 Å². The molecule has 0 rings (SSSR count). The summed E-state index contributed by atoms with van der Waals surface area (Å²) < 4.78 is 15.6. The minimum absolute atomic E-state index is 0.0378. The summed E-state index contributed by atoms with van der Waals surface area (Å²) in [5, 5.41) is 2.47. The molecule has 27 heavy (non-hydrogen) atoms. The van der Waals surface area contributed by atoms with Gasteiger partial charge in [0.15, 0.2) is 0 Å². The van der Waals surface area contributed by atoms with Crippen molar-refractivity contribution < 1.29 is 28.6 Å². The van der Waals surface area contributed by atoms with Gasteiger partial charge in [-0.25, -0.2) is 9.59 Å². The first-order valence-corrected chi connectivity index (χ1v) is 9.15. The lowest BCUT2D eigenvalue weighted by Gasteiger charge is -2.23. The van der Waals surface area contributed by atoms with Crippen LogP contribution in [0.3, 0.4) is 0 Å². The number of rotatable bonds is 9. The van der Waals surface area contributed by atoms with E-state index >= 15 is 0 Å².